The molecule has 0 saturated carbocycles. The first-order valence-electron chi connectivity index (χ1n) is 6.98. The Bertz CT molecular complexity index is 623. The molecule has 2 rings (SSSR count). The van der Waals surface area contributed by atoms with Gasteiger partial charge in [0.25, 0.3) is 0 Å². The molecule has 0 spiro atoms. The van der Waals surface area contributed by atoms with Gasteiger partial charge in [0, 0.05) is 13.1 Å². The summed E-state index contributed by atoms with van der Waals surface area (Å²) >= 11 is 11.8. The lowest BCUT2D eigenvalue weighted by Gasteiger charge is -2.38. The summed E-state index contributed by atoms with van der Waals surface area (Å²) < 4.78 is 4.64. The summed E-state index contributed by atoms with van der Waals surface area (Å²) in [5.41, 5.74) is 0.712. The normalized spacial score (nSPS) is 17.8. The van der Waals surface area contributed by atoms with Gasteiger partial charge < -0.3 is 19.3 Å². The maximum absolute atomic E-state index is 12.4. The summed E-state index contributed by atoms with van der Waals surface area (Å²) in [6.07, 6.45) is 0.273. The minimum atomic E-state index is -0.682. The van der Waals surface area contributed by atoms with Crippen LogP contribution < -0.4 is 0 Å². The molecule has 2 amide bonds. The number of benzene rings is 1. The van der Waals surface area contributed by atoms with Crippen molar-refractivity contribution in [1.29, 1.82) is 0 Å². The number of hydrogen-bond acceptors (Lipinski definition) is 4. The first kappa shape index (κ1) is 17.6. The summed E-state index contributed by atoms with van der Waals surface area (Å²) in [4.78, 5) is 38.1. The number of halogens is 2. The Kier molecular flexibility index (Phi) is 5.85. The molecular formula is C15H16Cl2N2O4. The molecule has 1 aliphatic rings. The molecule has 0 aromatic heterocycles. The van der Waals surface area contributed by atoms with Crippen LogP contribution in [0.4, 0.5) is 4.79 Å². The molecule has 6 nitrogen and oxygen atoms in total. The van der Waals surface area contributed by atoms with Crippen LogP contribution in [0.5, 0.6) is 0 Å². The van der Waals surface area contributed by atoms with Crippen LogP contribution in [0.1, 0.15) is 5.56 Å². The lowest BCUT2D eigenvalue weighted by molar-refractivity contribution is -0.138. The van der Waals surface area contributed by atoms with Gasteiger partial charge in [-0.25, -0.2) is 4.79 Å². The molecule has 1 unspecified atom stereocenters. The molecule has 0 radical (unpaired) electrons. The topological polar surface area (TPSA) is 66.9 Å². The van der Waals surface area contributed by atoms with Crippen LogP contribution in [0.3, 0.4) is 0 Å². The van der Waals surface area contributed by atoms with Gasteiger partial charge in [0.1, 0.15) is 12.3 Å². The molecule has 1 heterocycles. The van der Waals surface area contributed by atoms with Crippen LogP contribution in [-0.4, -0.2) is 60.9 Å². The van der Waals surface area contributed by atoms with Gasteiger partial charge in [-0.3, -0.25) is 4.79 Å². The summed E-state index contributed by atoms with van der Waals surface area (Å²) in [5.74, 6) is -0.204. The van der Waals surface area contributed by atoms with Crippen molar-refractivity contribution in [3.8, 4) is 0 Å². The zero-order valence-electron chi connectivity index (χ0n) is 12.5. The number of piperazine rings is 1. The minimum Gasteiger partial charge on any atom is -0.453 e. The van der Waals surface area contributed by atoms with Gasteiger partial charge in [0.15, 0.2) is 0 Å². The number of hydrogen-bond donors (Lipinski definition) is 0. The molecule has 1 atom stereocenters. The standard InChI is InChI=1S/C15H16Cl2N2O4/c1-23-15(22)18-4-5-19(11(8-18)9-20)14(21)7-10-2-3-12(16)13(17)6-10/h2-3,6,9,11H,4-5,7-8H2,1H3. The fourth-order valence-electron chi connectivity index (χ4n) is 2.46. The number of aldehydes is 1. The van der Waals surface area contributed by atoms with Crippen molar-refractivity contribution >= 4 is 41.5 Å². The molecule has 0 aliphatic carbocycles. The molecule has 0 bridgehead atoms. The van der Waals surface area contributed by atoms with Crippen LogP contribution in [0.15, 0.2) is 18.2 Å². The summed E-state index contributed by atoms with van der Waals surface area (Å²) in [6.45, 7) is 0.728. The van der Waals surface area contributed by atoms with Gasteiger partial charge in [-0.05, 0) is 17.7 Å². The van der Waals surface area contributed by atoms with Crippen molar-refractivity contribution in [2.24, 2.45) is 0 Å². The predicted octanol–water partition coefficient (Wildman–Crippen LogP) is 2.01. The number of rotatable bonds is 3. The number of carbonyl (C=O) groups excluding carboxylic acids is 3. The number of nitrogens with zero attached hydrogens (tertiary/aromatic N) is 2. The van der Waals surface area contributed by atoms with E-state index in [9.17, 15) is 14.4 Å². The van der Waals surface area contributed by atoms with E-state index in [1.165, 1.54) is 16.9 Å². The van der Waals surface area contributed by atoms with Crippen LogP contribution in [-0.2, 0) is 20.7 Å². The van der Waals surface area contributed by atoms with Crippen LogP contribution in [0.2, 0.25) is 10.0 Å². The number of methoxy groups -OCH3 is 1. The Labute approximate surface area is 143 Å². The van der Waals surface area contributed by atoms with E-state index in [1.807, 2.05) is 0 Å². The first-order chi connectivity index (χ1) is 11.0. The number of carbonyl (C=O) groups is 3. The predicted molar refractivity (Wildman–Crippen MR) is 85.7 cm³/mol. The lowest BCUT2D eigenvalue weighted by atomic mass is 10.1. The van der Waals surface area contributed by atoms with E-state index in [1.54, 1.807) is 18.2 Å². The third-order valence-corrected chi connectivity index (χ3v) is 4.41. The number of ether oxygens (including phenoxy) is 1. The quantitative estimate of drug-likeness (QED) is 0.775. The highest BCUT2D eigenvalue weighted by Crippen LogP contribution is 2.23. The smallest absolute Gasteiger partial charge is 0.409 e. The average Bonchev–Trinajstić information content (AvgIpc) is 2.56. The zero-order valence-corrected chi connectivity index (χ0v) is 14.0. The first-order valence-corrected chi connectivity index (χ1v) is 7.73. The molecule has 1 aromatic rings. The van der Waals surface area contributed by atoms with Crippen molar-refractivity contribution in [2.45, 2.75) is 12.5 Å². The van der Waals surface area contributed by atoms with E-state index in [-0.39, 0.29) is 25.4 Å². The summed E-state index contributed by atoms with van der Waals surface area (Å²) in [5, 5.41) is 0.791. The van der Waals surface area contributed by atoms with Gasteiger partial charge in [-0.15, -0.1) is 0 Å². The third kappa shape index (κ3) is 4.14. The Morgan fingerprint density at radius 1 is 1.30 bits per heavy atom. The third-order valence-electron chi connectivity index (χ3n) is 3.67. The van der Waals surface area contributed by atoms with Crippen molar-refractivity contribution < 1.29 is 19.1 Å². The SMILES string of the molecule is COC(=O)N1CCN(C(=O)Cc2ccc(Cl)c(Cl)c2)C(C=O)C1. The van der Waals surface area contributed by atoms with Gasteiger partial charge in [0.05, 0.1) is 30.1 Å². The Balaban J connectivity index is 2.05. The number of amides is 2. The van der Waals surface area contributed by atoms with Crippen molar-refractivity contribution in [1.82, 2.24) is 9.80 Å². The monoisotopic (exact) mass is 358 g/mol. The zero-order chi connectivity index (χ0) is 17.0. The van der Waals surface area contributed by atoms with E-state index in [4.69, 9.17) is 23.2 Å². The van der Waals surface area contributed by atoms with Gasteiger partial charge in [0.2, 0.25) is 5.91 Å². The molecule has 0 N–H and O–H groups in total. The molecule has 23 heavy (non-hydrogen) atoms. The fourth-order valence-corrected chi connectivity index (χ4v) is 2.78. The molecule has 1 fully saturated rings. The average molecular weight is 359 g/mol. The molecule has 8 heteroatoms. The molecule has 1 aliphatic heterocycles. The largest absolute Gasteiger partial charge is 0.453 e. The summed E-state index contributed by atoms with van der Waals surface area (Å²) in [6, 6.07) is 4.28. The van der Waals surface area contributed by atoms with Crippen LogP contribution in [0.25, 0.3) is 0 Å². The second-order valence-electron chi connectivity index (χ2n) is 5.13. The van der Waals surface area contributed by atoms with E-state index < -0.39 is 12.1 Å². The van der Waals surface area contributed by atoms with Gasteiger partial charge in [-0.1, -0.05) is 29.3 Å². The Morgan fingerprint density at radius 2 is 2.04 bits per heavy atom. The van der Waals surface area contributed by atoms with Crippen LogP contribution in [0, 0.1) is 0 Å². The van der Waals surface area contributed by atoms with E-state index in [0.717, 1.165) is 0 Å². The summed E-state index contributed by atoms with van der Waals surface area (Å²) in [7, 11) is 1.28. The highest BCUT2D eigenvalue weighted by atomic mass is 35.5. The fraction of sp³-hybridized carbons (Fsp3) is 0.400. The Morgan fingerprint density at radius 3 is 2.65 bits per heavy atom. The van der Waals surface area contributed by atoms with E-state index in [0.29, 0.717) is 28.4 Å². The minimum absolute atomic E-state index is 0.111. The van der Waals surface area contributed by atoms with Crippen LogP contribution >= 0.6 is 23.2 Å². The highest BCUT2D eigenvalue weighted by molar-refractivity contribution is 6.42. The van der Waals surface area contributed by atoms with E-state index >= 15 is 0 Å². The van der Waals surface area contributed by atoms with Gasteiger partial charge in [-0.2, -0.15) is 0 Å². The maximum atomic E-state index is 12.4. The Hall–Kier alpha value is -1.79. The molecule has 1 saturated heterocycles. The van der Waals surface area contributed by atoms with Gasteiger partial charge >= 0.3 is 6.09 Å². The van der Waals surface area contributed by atoms with Crippen molar-refractivity contribution in [3.05, 3.63) is 33.8 Å². The molecule has 1 aromatic carbocycles. The molecular weight excluding hydrogens is 343 g/mol. The van der Waals surface area contributed by atoms with E-state index in [2.05, 4.69) is 4.74 Å². The second-order valence-corrected chi connectivity index (χ2v) is 5.95. The lowest BCUT2D eigenvalue weighted by Crippen LogP contribution is -2.57. The van der Waals surface area contributed by atoms with Crippen molar-refractivity contribution in [2.75, 3.05) is 26.7 Å². The molecule has 124 valence electrons. The highest BCUT2D eigenvalue weighted by Gasteiger charge is 2.32. The second kappa shape index (κ2) is 7.66. The van der Waals surface area contributed by atoms with Crippen molar-refractivity contribution in [3.63, 3.8) is 0 Å². The maximum Gasteiger partial charge on any atom is 0.409 e.